The summed E-state index contributed by atoms with van der Waals surface area (Å²) in [5.74, 6) is -1.53. The Morgan fingerprint density at radius 3 is 2.27 bits per heavy atom. The van der Waals surface area contributed by atoms with Gasteiger partial charge in [0.2, 0.25) is 0 Å². The lowest BCUT2D eigenvalue weighted by molar-refractivity contribution is 0.497. The number of rotatable bonds is 0. The quantitative estimate of drug-likeness (QED) is 0.589. The molecule has 0 saturated carbocycles. The maximum atomic E-state index is 12.8. The van der Waals surface area contributed by atoms with Crippen molar-refractivity contribution >= 4 is 15.9 Å². The van der Waals surface area contributed by atoms with Gasteiger partial charge >= 0.3 is 0 Å². The van der Waals surface area contributed by atoms with Gasteiger partial charge in [-0.3, -0.25) is 0 Å². The Bertz CT molecular complexity index is 268. The predicted molar refractivity (Wildman–Crippen MR) is 43.5 cm³/mol. The van der Waals surface area contributed by atoms with Gasteiger partial charge in [-0.2, -0.15) is 0 Å². The van der Waals surface area contributed by atoms with E-state index in [1.165, 1.54) is 13.8 Å². The van der Waals surface area contributed by atoms with Gasteiger partial charge in [-0.1, -0.05) is 15.9 Å². The lowest BCUT2D eigenvalue weighted by Gasteiger charge is -2.03. The summed E-state index contributed by atoms with van der Waals surface area (Å²) in [6.45, 7) is 3.06. The Balaban J connectivity index is 3.46. The highest BCUT2D eigenvalue weighted by Crippen LogP contribution is 2.23. The summed E-state index contributed by atoms with van der Waals surface area (Å²) in [7, 11) is 0. The maximum Gasteiger partial charge on any atom is 0.163 e. The topological polar surface area (TPSA) is 0 Å². The van der Waals surface area contributed by atoms with Gasteiger partial charge < -0.3 is 0 Å². The van der Waals surface area contributed by atoms with Crippen LogP contribution < -0.4 is 0 Å². The molecule has 0 aliphatic heterocycles. The number of hydrogen-bond acceptors (Lipinski definition) is 0. The van der Waals surface area contributed by atoms with Crippen LogP contribution in [0.15, 0.2) is 10.5 Å². The second kappa shape index (κ2) is 2.89. The summed E-state index contributed by atoms with van der Waals surface area (Å²) in [5, 5.41) is 0. The Morgan fingerprint density at radius 2 is 1.73 bits per heavy atom. The molecule has 0 aliphatic rings. The molecular weight excluding hydrogens is 214 g/mol. The van der Waals surface area contributed by atoms with Gasteiger partial charge in [0.25, 0.3) is 0 Å². The molecule has 11 heavy (non-hydrogen) atoms. The first-order valence-electron chi connectivity index (χ1n) is 3.14. The van der Waals surface area contributed by atoms with Crippen molar-refractivity contribution in [2.45, 2.75) is 13.8 Å². The van der Waals surface area contributed by atoms with E-state index in [9.17, 15) is 8.78 Å². The molecule has 0 nitrogen and oxygen atoms in total. The fraction of sp³-hybridized carbons (Fsp3) is 0.250. The third kappa shape index (κ3) is 1.43. The SMILES string of the molecule is Cc1cc(Br)c(C)c(F)c1F. The molecule has 0 unspecified atom stereocenters. The first kappa shape index (κ1) is 8.65. The van der Waals surface area contributed by atoms with Crippen LogP contribution >= 0.6 is 15.9 Å². The fourth-order valence-corrected chi connectivity index (χ4v) is 1.32. The number of halogens is 3. The molecule has 3 heteroatoms. The maximum absolute atomic E-state index is 12.8. The van der Waals surface area contributed by atoms with Crippen LogP contribution in [0.25, 0.3) is 0 Å². The van der Waals surface area contributed by atoms with E-state index in [0.717, 1.165) is 0 Å². The zero-order valence-electron chi connectivity index (χ0n) is 6.21. The molecule has 0 N–H and O–H groups in total. The van der Waals surface area contributed by atoms with Crippen LogP contribution in [0.1, 0.15) is 11.1 Å². The Kier molecular flexibility index (Phi) is 2.28. The minimum Gasteiger partial charge on any atom is -0.203 e. The van der Waals surface area contributed by atoms with E-state index >= 15 is 0 Å². The van der Waals surface area contributed by atoms with Crippen LogP contribution in [0.3, 0.4) is 0 Å². The molecule has 0 aromatic heterocycles. The predicted octanol–water partition coefficient (Wildman–Crippen LogP) is 3.34. The van der Waals surface area contributed by atoms with Crippen molar-refractivity contribution in [3.63, 3.8) is 0 Å². The Labute approximate surface area is 72.4 Å². The molecule has 0 fully saturated rings. The van der Waals surface area contributed by atoms with Crippen molar-refractivity contribution in [1.29, 1.82) is 0 Å². The van der Waals surface area contributed by atoms with E-state index < -0.39 is 11.6 Å². The molecule has 0 bridgehead atoms. The van der Waals surface area contributed by atoms with Gasteiger partial charge in [-0.15, -0.1) is 0 Å². The molecule has 1 aromatic rings. The largest absolute Gasteiger partial charge is 0.203 e. The molecule has 0 saturated heterocycles. The molecule has 0 radical (unpaired) electrons. The average molecular weight is 221 g/mol. The molecule has 0 amide bonds. The van der Waals surface area contributed by atoms with Gasteiger partial charge in [0.05, 0.1) is 0 Å². The molecule has 0 aliphatic carbocycles. The minimum absolute atomic E-state index is 0.313. The van der Waals surface area contributed by atoms with E-state index in [0.29, 0.717) is 15.6 Å². The van der Waals surface area contributed by atoms with E-state index in [1.54, 1.807) is 6.07 Å². The molecule has 0 atom stereocenters. The van der Waals surface area contributed by atoms with Crippen LogP contribution in [-0.4, -0.2) is 0 Å². The first-order chi connectivity index (χ1) is 5.04. The van der Waals surface area contributed by atoms with Gasteiger partial charge in [0.1, 0.15) is 0 Å². The number of aryl methyl sites for hydroxylation is 1. The monoisotopic (exact) mass is 220 g/mol. The highest BCUT2D eigenvalue weighted by molar-refractivity contribution is 9.10. The Hall–Kier alpha value is -0.440. The lowest BCUT2D eigenvalue weighted by atomic mass is 10.1. The summed E-state index contributed by atoms with van der Waals surface area (Å²) in [4.78, 5) is 0. The van der Waals surface area contributed by atoms with Gasteiger partial charge in [0, 0.05) is 10.0 Å². The highest BCUT2D eigenvalue weighted by atomic mass is 79.9. The van der Waals surface area contributed by atoms with Crippen molar-refractivity contribution in [3.8, 4) is 0 Å². The summed E-state index contributed by atoms with van der Waals surface area (Å²) in [6, 6.07) is 1.56. The van der Waals surface area contributed by atoms with Crippen molar-refractivity contribution in [3.05, 3.63) is 33.3 Å². The number of benzene rings is 1. The van der Waals surface area contributed by atoms with Gasteiger partial charge in [-0.25, -0.2) is 8.78 Å². The third-order valence-corrected chi connectivity index (χ3v) is 2.39. The Morgan fingerprint density at radius 1 is 1.18 bits per heavy atom. The lowest BCUT2D eigenvalue weighted by Crippen LogP contribution is -1.93. The smallest absolute Gasteiger partial charge is 0.163 e. The van der Waals surface area contributed by atoms with Crippen LogP contribution in [-0.2, 0) is 0 Å². The summed E-state index contributed by atoms with van der Waals surface area (Å²) in [6.07, 6.45) is 0. The highest BCUT2D eigenvalue weighted by Gasteiger charge is 2.10. The molecule has 1 aromatic carbocycles. The van der Waals surface area contributed by atoms with Gasteiger partial charge in [-0.05, 0) is 25.5 Å². The molecule has 60 valence electrons. The van der Waals surface area contributed by atoms with E-state index in [-0.39, 0.29) is 0 Å². The van der Waals surface area contributed by atoms with E-state index in [1.807, 2.05) is 0 Å². The zero-order valence-corrected chi connectivity index (χ0v) is 7.80. The van der Waals surface area contributed by atoms with E-state index in [2.05, 4.69) is 15.9 Å². The number of hydrogen-bond donors (Lipinski definition) is 0. The summed E-state index contributed by atoms with van der Waals surface area (Å²) in [5.41, 5.74) is 0.632. The first-order valence-corrected chi connectivity index (χ1v) is 3.94. The van der Waals surface area contributed by atoms with Crippen molar-refractivity contribution in [1.82, 2.24) is 0 Å². The van der Waals surface area contributed by atoms with Crippen LogP contribution in [0.4, 0.5) is 8.78 Å². The molecular formula is C8H7BrF2. The van der Waals surface area contributed by atoms with Crippen molar-refractivity contribution < 1.29 is 8.78 Å². The second-order valence-corrected chi connectivity index (χ2v) is 3.28. The standard InChI is InChI=1S/C8H7BrF2/c1-4-3-6(9)5(2)8(11)7(4)10/h3H,1-2H3. The molecule has 0 spiro atoms. The van der Waals surface area contributed by atoms with Crippen molar-refractivity contribution in [2.75, 3.05) is 0 Å². The van der Waals surface area contributed by atoms with Crippen LogP contribution in [0.5, 0.6) is 0 Å². The second-order valence-electron chi connectivity index (χ2n) is 2.43. The van der Waals surface area contributed by atoms with E-state index in [4.69, 9.17) is 0 Å². The summed E-state index contributed by atoms with van der Waals surface area (Å²) < 4.78 is 26.2. The average Bonchev–Trinajstić information content (AvgIpc) is 1.97. The minimum atomic E-state index is -0.767. The fourth-order valence-electron chi connectivity index (χ4n) is 0.804. The van der Waals surface area contributed by atoms with Gasteiger partial charge in [0.15, 0.2) is 11.6 Å². The molecule has 0 heterocycles. The van der Waals surface area contributed by atoms with Crippen LogP contribution in [0, 0.1) is 25.5 Å². The summed E-state index contributed by atoms with van der Waals surface area (Å²) >= 11 is 3.12. The zero-order chi connectivity index (χ0) is 8.59. The van der Waals surface area contributed by atoms with Crippen molar-refractivity contribution in [2.24, 2.45) is 0 Å². The third-order valence-electron chi connectivity index (χ3n) is 1.57. The van der Waals surface area contributed by atoms with Crippen LogP contribution in [0.2, 0.25) is 0 Å². The normalized spacial score (nSPS) is 10.3. The molecule has 1 rings (SSSR count).